The Bertz CT molecular complexity index is 1040. The van der Waals surface area contributed by atoms with Gasteiger partial charge in [-0.05, 0) is 36.4 Å². The number of H-pyrrole nitrogens is 1. The third-order valence-electron chi connectivity index (χ3n) is 5.10. The molecule has 0 radical (unpaired) electrons. The maximum absolute atomic E-state index is 4.81. The zero-order valence-electron chi connectivity index (χ0n) is 15.0. The van der Waals surface area contributed by atoms with Crippen LogP contribution in [0, 0.1) is 0 Å². The van der Waals surface area contributed by atoms with E-state index in [1.807, 2.05) is 28.1 Å². The van der Waals surface area contributed by atoms with E-state index >= 15 is 0 Å². The first kappa shape index (κ1) is 16.4. The molecule has 8 nitrogen and oxygen atoms in total. The van der Waals surface area contributed by atoms with Crippen LogP contribution >= 0.6 is 11.3 Å². The molecule has 138 valence electrons. The lowest BCUT2D eigenvalue weighted by Crippen LogP contribution is -2.34. The number of fused-ring (bicyclic) bond motifs is 1. The Kier molecular flexibility index (Phi) is 4.08. The zero-order valence-corrected chi connectivity index (χ0v) is 15.9. The van der Waals surface area contributed by atoms with Crippen molar-refractivity contribution in [1.82, 2.24) is 35.0 Å². The van der Waals surface area contributed by atoms with Gasteiger partial charge in [0.1, 0.15) is 11.6 Å². The molecule has 4 aromatic rings. The number of hydrogen-bond donors (Lipinski definition) is 1. The van der Waals surface area contributed by atoms with Gasteiger partial charge in [0.05, 0.1) is 0 Å². The monoisotopic (exact) mass is 380 g/mol. The highest BCUT2D eigenvalue weighted by molar-refractivity contribution is 7.08. The van der Waals surface area contributed by atoms with Crippen LogP contribution in [0.4, 0.5) is 5.82 Å². The van der Waals surface area contributed by atoms with E-state index in [1.54, 1.807) is 11.3 Å². The summed E-state index contributed by atoms with van der Waals surface area (Å²) >= 11 is 1.65. The number of nitrogens with one attached hydrogen (secondary N) is 1. The first-order chi connectivity index (χ1) is 13.3. The highest BCUT2D eigenvalue weighted by atomic mass is 32.1. The fourth-order valence-electron chi connectivity index (χ4n) is 3.54. The van der Waals surface area contributed by atoms with Crippen LogP contribution in [0.15, 0.2) is 29.0 Å². The average Bonchev–Trinajstić information content (AvgIpc) is 3.47. The Labute approximate surface area is 160 Å². The molecular formula is C18H20N8S. The highest BCUT2D eigenvalue weighted by Gasteiger charge is 2.25. The van der Waals surface area contributed by atoms with Crippen molar-refractivity contribution < 1.29 is 0 Å². The van der Waals surface area contributed by atoms with Crippen molar-refractivity contribution in [3.63, 3.8) is 0 Å². The van der Waals surface area contributed by atoms with Crippen LogP contribution in [0.1, 0.15) is 37.3 Å². The number of anilines is 1. The van der Waals surface area contributed by atoms with Crippen molar-refractivity contribution in [3.05, 3.63) is 40.6 Å². The average molecular weight is 380 g/mol. The largest absolute Gasteiger partial charge is 0.355 e. The summed E-state index contributed by atoms with van der Waals surface area (Å²) < 4.78 is 1.84. The molecule has 0 aromatic carbocycles. The molecular weight excluding hydrogens is 360 g/mol. The van der Waals surface area contributed by atoms with Gasteiger partial charge >= 0.3 is 0 Å². The molecule has 0 unspecified atom stereocenters. The third-order valence-corrected chi connectivity index (χ3v) is 5.78. The number of rotatable bonds is 4. The smallest absolute Gasteiger partial charge is 0.186 e. The fraction of sp³-hybridized carbons (Fsp3) is 0.389. The van der Waals surface area contributed by atoms with Crippen LogP contribution < -0.4 is 4.90 Å². The third kappa shape index (κ3) is 2.97. The number of piperidine rings is 1. The van der Waals surface area contributed by atoms with Gasteiger partial charge in [0.2, 0.25) is 0 Å². The van der Waals surface area contributed by atoms with Gasteiger partial charge in [0, 0.05) is 36.4 Å². The van der Waals surface area contributed by atoms with Crippen molar-refractivity contribution in [2.24, 2.45) is 0 Å². The molecule has 5 rings (SSSR count). The van der Waals surface area contributed by atoms with Gasteiger partial charge < -0.3 is 4.90 Å². The van der Waals surface area contributed by atoms with Gasteiger partial charge in [0.15, 0.2) is 17.3 Å². The molecule has 1 saturated heterocycles. The molecule has 1 aliphatic heterocycles. The molecule has 0 aliphatic carbocycles. The summed E-state index contributed by atoms with van der Waals surface area (Å²) in [7, 11) is 0. The summed E-state index contributed by atoms with van der Waals surface area (Å²) in [5, 5.41) is 24.9. The maximum Gasteiger partial charge on any atom is 0.186 e. The summed E-state index contributed by atoms with van der Waals surface area (Å²) in [4.78, 5) is 6.92. The molecule has 1 fully saturated rings. The van der Waals surface area contributed by atoms with E-state index in [0.29, 0.717) is 5.92 Å². The minimum atomic E-state index is 0.415. The number of aryl methyl sites for hydroxylation is 1. The highest BCUT2D eigenvalue weighted by Crippen LogP contribution is 2.28. The molecule has 1 aliphatic rings. The van der Waals surface area contributed by atoms with Gasteiger partial charge in [-0.15, -0.1) is 15.3 Å². The van der Waals surface area contributed by atoms with E-state index < -0.39 is 0 Å². The van der Waals surface area contributed by atoms with E-state index in [9.17, 15) is 0 Å². The van der Waals surface area contributed by atoms with E-state index in [1.165, 1.54) is 0 Å². The molecule has 0 atom stereocenters. The molecule has 27 heavy (non-hydrogen) atoms. The van der Waals surface area contributed by atoms with E-state index in [-0.39, 0.29) is 0 Å². The number of aromatic nitrogens is 7. The van der Waals surface area contributed by atoms with Crippen molar-refractivity contribution in [2.45, 2.75) is 32.1 Å². The van der Waals surface area contributed by atoms with Gasteiger partial charge in [-0.2, -0.15) is 21.0 Å². The predicted octanol–water partition coefficient (Wildman–Crippen LogP) is 2.92. The quantitative estimate of drug-likeness (QED) is 0.586. The van der Waals surface area contributed by atoms with Gasteiger partial charge in [0.25, 0.3) is 0 Å². The molecule has 0 bridgehead atoms. The topological polar surface area (TPSA) is 87.9 Å². The number of hydrogen-bond acceptors (Lipinski definition) is 7. The SMILES string of the molecule is CCc1nc(C2CCN(c3ccc4nnc(-c5ccsc5)n4n3)CC2)n[nH]1. The molecule has 0 saturated carbocycles. The van der Waals surface area contributed by atoms with Crippen molar-refractivity contribution in [2.75, 3.05) is 18.0 Å². The fourth-order valence-corrected chi connectivity index (χ4v) is 4.17. The van der Waals surface area contributed by atoms with E-state index in [2.05, 4.69) is 42.6 Å². The summed E-state index contributed by atoms with van der Waals surface area (Å²) in [6.45, 7) is 3.97. The lowest BCUT2D eigenvalue weighted by atomic mass is 9.96. The Morgan fingerprint density at radius 1 is 1.19 bits per heavy atom. The summed E-state index contributed by atoms with van der Waals surface area (Å²) in [5.74, 6) is 4.08. The summed E-state index contributed by atoms with van der Waals surface area (Å²) in [5.41, 5.74) is 1.81. The first-order valence-corrected chi connectivity index (χ1v) is 10.2. The minimum absolute atomic E-state index is 0.415. The van der Waals surface area contributed by atoms with Crippen LogP contribution in [0.2, 0.25) is 0 Å². The second-order valence-corrected chi connectivity index (χ2v) is 7.53. The summed E-state index contributed by atoms with van der Waals surface area (Å²) in [6, 6.07) is 6.06. The van der Waals surface area contributed by atoms with Crippen LogP contribution in [-0.2, 0) is 6.42 Å². The van der Waals surface area contributed by atoms with E-state index in [4.69, 9.17) is 5.10 Å². The van der Waals surface area contributed by atoms with Crippen LogP contribution in [0.25, 0.3) is 17.0 Å². The van der Waals surface area contributed by atoms with E-state index in [0.717, 1.165) is 66.9 Å². The molecule has 9 heteroatoms. The number of aromatic amines is 1. The molecule has 0 spiro atoms. The number of nitrogens with zero attached hydrogens (tertiary/aromatic N) is 7. The minimum Gasteiger partial charge on any atom is -0.355 e. The van der Waals surface area contributed by atoms with Crippen LogP contribution in [-0.4, -0.2) is 48.1 Å². The molecule has 1 N–H and O–H groups in total. The van der Waals surface area contributed by atoms with Crippen molar-refractivity contribution in [3.8, 4) is 11.4 Å². The number of thiophene rings is 1. The Hall–Kier alpha value is -2.81. The van der Waals surface area contributed by atoms with Gasteiger partial charge in [-0.1, -0.05) is 6.92 Å². The lowest BCUT2D eigenvalue weighted by Gasteiger charge is -2.31. The Balaban J connectivity index is 1.36. The lowest BCUT2D eigenvalue weighted by molar-refractivity contribution is 0.483. The van der Waals surface area contributed by atoms with Crippen LogP contribution in [0.3, 0.4) is 0 Å². The second kappa shape index (κ2) is 6.73. The normalized spacial score (nSPS) is 15.7. The summed E-state index contributed by atoms with van der Waals surface area (Å²) in [6.07, 6.45) is 2.95. The first-order valence-electron chi connectivity index (χ1n) is 9.23. The standard InChI is InChI=1S/C18H20N8S/c1-2-14-19-17(22-20-14)12-5-8-25(9-6-12)16-4-3-15-21-23-18(26(15)24-16)13-7-10-27-11-13/h3-4,7,10-12H,2,5-6,8-9H2,1H3,(H,19,20,22). The predicted molar refractivity (Wildman–Crippen MR) is 104 cm³/mol. The molecule has 0 amide bonds. The Morgan fingerprint density at radius 3 is 2.81 bits per heavy atom. The van der Waals surface area contributed by atoms with Gasteiger partial charge in [-0.25, -0.2) is 4.98 Å². The van der Waals surface area contributed by atoms with Crippen molar-refractivity contribution >= 4 is 22.8 Å². The van der Waals surface area contributed by atoms with Gasteiger partial charge in [-0.3, -0.25) is 5.10 Å². The van der Waals surface area contributed by atoms with Crippen molar-refractivity contribution in [1.29, 1.82) is 0 Å². The second-order valence-electron chi connectivity index (χ2n) is 6.75. The molecule has 5 heterocycles. The maximum atomic E-state index is 4.81. The molecule has 4 aromatic heterocycles. The van der Waals surface area contributed by atoms with Crippen LogP contribution in [0.5, 0.6) is 0 Å². The zero-order chi connectivity index (χ0) is 18.2. The Morgan fingerprint density at radius 2 is 2.07 bits per heavy atom.